The van der Waals surface area contributed by atoms with Gasteiger partial charge >= 0.3 is 5.97 Å². The van der Waals surface area contributed by atoms with E-state index in [9.17, 15) is 13.2 Å². The van der Waals surface area contributed by atoms with Crippen LogP contribution >= 0.6 is 0 Å². The third kappa shape index (κ3) is 7.08. The van der Waals surface area contributed by atoms with Crippen LogP contribution in [0.15, 0.2) is 29.2 Å². The maximum absolute atomic E-state index is 12.2. The van der Waals surface area contributed by atoms with Crippen LogP contribution in [-0.4, -0.2) is 45.6 Å². The normalized spacial score (nSPS) is 11.8. The molecule has 0 aliphatic rings. The van der Waals surface area contributed by atoms with Gasteiger partial charge in [0.2, 0.25) is 0 Å². The Hall–Kier alpha value is -1.95. The molecule has 1 aromatic carbocycles. The fourth-order valence-electron chi connectivity index (χ4n) is 1.79. The first-order valence-corrected chi connectivity index (χ1v) is 9.03. The molecule has 0 bridgehead atoms. The van der Waals surface area contributed by atoms with Gasteiger partial charge in [0.25, 0.3) is 0 Å². The van der Waals surface area contributed by atoms with Crippen LogP contribution in [0.4, 0.5) is 0 Å². The van der Waals surface area contributed by atoms with Crippen molar-refractivity contribution < 1.29 is 22.7 Å². The summed E-state index contributed by atoms with van der Waals surface area (Å²) in [5.41, 5.74) is -0.457. The Bertz CT molecular complexity index is 702. The molecular weight excluding hydrogens is 332 g/mol. The largest absolute Gasteiger partial charge is 0.458 e. The summed E-state index contributed by atoms with van der Waals surface area (Å²) in [6, 6.07) is 7.89. The molecule has 0 unspecified atom stereocenters. The van der Waals surface area contributed by atoms with E-state index in [2.05, 4.69) is 5.32 Å². The van der Waals surface area contributed by atoms with E-state index in [4.69, 9.17) is 14.7 Å². The van der Waals surface area contributed by atoms with Crippen molar-refractivity contribution in [2.75, 3.05) is 25.6 Å². The lowest BCUT2D eigenvalue weighted by atomic mass is 10.2. The molecule has 0 spiro atoms. The molecule has 0 heterocycles. The van der Waals surface area contributed by atoms with Crippen LogP contribution in [0.5, 0.6) is 0 Å². The van der Waals surface area contributed by atoms with E-state index in [1.54, 1.807) is 32.9 Å². The molecule has 0 atom stereocenters. The third-order valence-corrected chi connectivity index (χ3v) is 4.31. The van der Waals surface area contributed by atoms with Gasteiger partial charge in [-0.2, -0.15) is 5.26 Å². The highest BCUT2D eigenvalue weighted by atomic mass is 32.2. The molecule has 132 valence electrons. The van der Waals surface area contributed by atoms with Crippen molar-refractivity contribution in [3.63, 3.8) is 0 Å². The van der Waals surface area contributed by atoms with E-state index in [1.807, 2.05) is 6.07 Å². The minimum absolute atomic E-state index is 0.00493. The molecule has 1 aromatic rings. The minimum atomic E-state index is -3.61. The van der Waals surface area contributed by atoms with Gasteiger partial charge in [0, 0.05) is 6.54 Å². The standard InChI is InChI=1S/C16H22N2O5S/c1-16(2,3)23-15(19)11-22-9-8-18-12-24(20,21)14-7-5-4-6-13(14)10-17/h4-7,18H,8-9,11-12H2,1-3H3. The first-order chi connectivity index (χ1) is 11.2. The first-order valence-electron chi connectivity index (χ1n) is 7.38. The van der Waals surface area contributed by atoms with Crippen LogP contribution in [-0.2, 0) is 24.1 Å². The van der Waals surface area contributed by atoms with Gasteiger partial charge < -0.3 is 14.8 Å². The van der Waals surface area contributed by atoms with E-state index in [1.165, 1.54) is 12.1 Å². The second kappa shape index (κ2) is 8.78. The number of nitrogens with one attached hydrogen (secondary N) is 1. The maximum atomic E-state index is 12.2. The molecular formula is C16H22N2O5S. The number of rotatable bonds is 8. The summed E-state index contributed by atoms with van der Waals surface area (Å²) in [7, 11) is -3.61. The monoisotopic (exact) mass is 354 g/mol. The predicted molar refractivity (Wildman–Crippen MR) is 87.9 cm³/mol. The molecule has 0 amide bonds. The Morgan fingerprint density at radius 2 is 1.96 bits per heavy atom. The molecule has 1 rings (SSSR count). The lowest BCUT2D eigenvalue weighted by Gasteiger charge is -2.19. The molecule has 0 radical (unpaired) electrons. The Morgan fingerprint density at radius 3 is 2.58 bits per heavy atom. The highest BCUT2D eigenvalue weighted by Gasteiger charge is 2.18. The summed E-state index contributed by atoms with van der Waals surface area (Å²) in [4.78, 5) is 11.4. The lowest BCUT2D eigenvalue weighted by molar-refractivity contribution is -0.160. The highest BCUT2D eigenvalue weighted by molar-refractivity contribution is 7.91. The van der Waals surface area contributed by atoms with Crippen LogP contribution in [0.2, 0.25) is 0 Å². The smallest absolute Gasteiger partial charge is 0.332 e. The first kappa shape index (κ1) is 20.1. The van der Waals surface area contributed by atoms with Gasteiger partial charge in [-0.3, -0.25) is 0 Å². The molecule has 7 nitrogen and oxygen atoms in total. The zero-order chi connectivity index (χ0) is 18.2. The Balaban J connectivity index is 2.35. The van der Waals surface area contributed by atoms with Gasteiger partial charge in [0.15, 0.2) is 9.84 Å². The number of sulfone groups is 1. The number of hydrogen-bond donors (Lipinski definition) is 1. The van der Waals surface area contributed by atoms with Crippen LogP contribution in [0.3, 0.4) is 0 Å². The molecule has 1 N–H and O–H groups in total. The van der Waals surface area contributed by atoms with Gasteiger partial charge in [-0.15, -0.1) is 0 Å². The Kier molecular flexibility index (Phi) is 7.35. The van der Waals surface area contributed by atoms with E-state index in [0.29, 0.717) is 0 Å². The minimum Gasteiger partial charge on any atom is -0.458 e. The Morgan fingerprint density at radius 1 is 1.29 bits per heavy atom. The van der Waals surface area contributed by atoms with Crippen molar-refractivity contribution in [1.82, 2.24) is 5.32 Å². The molecule has 24 heavy (non-hydrogen) atoms. The van der Waals surface area contributed by atoms with E-state index in [-0.39, 0.29) is 36.1 Å². The maximum Gasteiger partial charge on any atom is 0.332 e. The predicted octanol–water partition coefficient (Wildman–Crippen LogP) is 1.24. The van der Waals surface area contributed by atoms with Crippen LogP contribution in [0.25, 0.3) is 0 Å². The number of carbonyl (C=O) groups excluding carboxylic acids is 1. The highest BCUT2D eigenvalue weighted by Crippen LogP contribution is 2.15. The zero-order valence-electron chi connectivity index (χ0n) is 14.0. The van der Waals surface area contributed by atoms with Crippen LogP contribution in [0, 0.1) is 11.3 Å². The fraction of sp³-hybridized carbons (Fsp3) is 0.500. The fourth-order valence-corrected chi connectivity index (χ4v) is 3.09. The van der Waals surface area contributed by atoms with Gasteiger partial charge in [0.05, 0.1) is 17.1 Å². The topological polar surface area (TPSA) is 105 Å². The number of benzene rings is 1. The second-order valence-corrected chi connectivity index (χ2v) is 7.96. The van der Waals surface area contributed by atoms with Crippen LogP contribution in [0.1, 0.15) is 26.3 Å². The number of nitrogens with zero attached hydrogens (tertiary/aromatic N) is 1. The summed E-state index contributed by atoms with van der Waals surface area (Å²) >= 11 is 0. The molecule has 0 aliphatic heterocycles. The van der Waals surface area contributed by atoms with Gasteiger partial charge in [-0.1, -0.05) is 12.1 Å². The number of ether oxygens (including phenoxy) is 2. The second-order valence-electron chi connectivity index (χ2n) is 6.01. The van der Waals surface area contributed by atoms with Crippen molar-refractivity contribution in [2.24, 2.45) is 0 Å². The number of carbonyl (C=O) groups is 1. The number of nitriles is 1. The SMILES string of the molecule is CC(C)(C)OC(=O)COCCNCS(=O)(=O)c1ccccc1C#N. The summed E-state index contributed by atoms with van der Waals surface area (Å²) < 4.78 is 34.6. The van der Waals surface area contributed by atoms with Crippen molar-refractivity contribution in [3.05, 3.63) is 29.8 Å². The van der Waals surface area contributed by atoms with E-state index in [0.717, 1.165) is 0 Å². The van der Waals surface area contributed by atoms with Crippen molar-refractivity contribution in [3.8, 4) is 6.07 Å². The van der Waals surface area contributed by atoms with Crippen molar-refractivity contribution in [1.29, 1.82) is 5.26 Å². The summed E-state index contributed by atoms with van der Waals surface area (Å²) in [6.45, 7) is 5.50. The lowest BCUT2D eigenvalue weighted by Crippen LogP contribution is -2.29. The molecule has 0 aliphatic carbocycles. The molecule has 0 saturated heterocycles. The van der Waals surface area contributed by atoms with Gasteiger partial charge in [-0.05, 0) is 32.9 Å². The Labute approximate surface area is 142 Å². The summed E-state index contributed by atoms with van der Waals surface area (Å²) in [5, 5.41) is 11.7. The molecule has 0 fully saturated rings. The zero-order valence-corrected chi connectivity index (χ0v) is 14.9. The van der Waals surface area contributed by atoms with Crippen molar-refractivity contribution >= 4 is 15.8 Å². The number of hydrogen-bond acceptors (Lipinski definition) is 7. The average Bonchev–Trinajstić information content (AvgIpc) is 2.49. The summed E-state index contributed by atoms with van der Waals surface area (Å²) in [6.07, 6.45) is 0. The average molecular weight is 354 g/mol. The summed E-state index contributed by atoms with van der Waals surface area (Å²) in [5.74, 6) is -0.792. The van der Waals surface area contributed by atoms with Crippen molar-refractivity contribution in [2.45, 2.75) is 31.3 Å². The van der Waals surface area contributed by atoms with Crippen LogP contribution < -0.4 is 5.32 Å². The van der Waals surface area contributed by atoms with Gasteiger partial charge in [-0.25, -0.2) is 13.2 Å². The number of esters is 1. The molecule has 0 aromatic heterocycles. The third-order valence-electron chi connectivity index (χ3n) is 2.70. The van der Waals surface area contributed by atoms with E-state index >= 15 is 0 Å². The van der Waals surface area contributed by atoms with E-state index < -0.39 is 21.4 Å². The quantitative estimate of drug-likeness (QED) is 0.553. The molecule has 8 heteroatoms. The molecule has 0 saturated carbocycles. The van der Waals surface area contributed by atoms with Gasteiger partial charge in [0.1, 0.15) is 24.2 Å².